The molecule has 1 heterocycles. The van der Waals surface area contributed by atoms with Gasteiger partial charge in [-0.3, -0.25) is 4.79 Å². The molecule has 1 amide bonds. The van der Waals surface area contributed by atoms with Crippen LogP contribution in [-0.2, 0) is 11.3 Å². The molecular formula is C21H26BrIN4O2. The van der Waals surface area contributed by atoms with Crippen LogP contribution >= 0.6 is 39.9 Å². The first-order valence-corrected chi connectivity index (χ1v) is 10.1. The lowest BCUT2D eigenvalue weighted by Crippen LogP contribution is -2.40. The van der Waals surface area contributed by atoms with Crippen molar-refractivity contribution in [3.63, 3.8) is 0 Å². The topological polar surface area (TPSA) is 74.8 Å². The van der Waals surface area contributed by atoms with Gasteiger partial charge in [-0.1, -0.05) is 34.1 Å². The zero-order chi connectivity index (χ0) is 19.9. The van der Waals surface area contributed by atoms with E-state index in [1.165, 1.54) is 0 Å². The van der Waals surface area contributed by atoms with Crippen LogP contribution in [0.5, 0.6) is 5.75 Å². The minimum Gasteiger partial charge on any atom is -0.496 e. The Hall–Kier alpha value is -1.81. The van der Waals surface area contributed by atoms with Crippen molar-refractivity contribution < 1.29 is 9.53 Å². The first-order chi connectivity index (χ1) is 13.6. The molecule has 2 aromatic carbocycles. The van der Waals surface area contributed by atoms with Gasteiger partial charge in [-0.15, -0.1) is 24.0 Å². The van der Waals surface area contributed by atoms with Crippen molar-refractivity contribution in [2.24, 2.45) is 4.99 Å². The molecule has 3 rings (SSSR count). The molecule has 1 atom stereocenters. The molecule has 0 spiro atoms. The van der Waals surface area contributed by atoms with Crippen LogP contribution in [0.15, 0.2) is 51.9 Å². The second-order valence-corrected chi connectivity index (χ2v) is 7.48. The fourth-order valence-electron chi connectivity index (χ4n) is 3.28. The van der Waals surface area contributed by atoms with E-state index in [4.69, 9.17) is 4.74 Å². The van der Waals surface area contributed by atoms with Crippen molar-refractivity contribution in [1.82, 2.24) is 10.6 Å². The summed E-state index contributed by atoms with van der Waals surface area (Å²) >= 11 is 3.49. The number of fused-ring (bicyclic) bond motifs is 1. The highest BCUT2D eigenvalue weighted by Gasteiger charge is 2.24. The molecule has 1 unspecified atom stereocenters. The maximum Gasteiger partial charge on any atom is 0.225 e. The largest absolute Gasteiger partial charge is 0.496 e. The van der Waals surface area contributed by atoms with E-state index >= 15 is 0 Å². The Morgan fingerprint density at radius 3 is 2.83 bits per heavy atom. The molecule has 1 aliphatic rings. The van der Waals surface area contributed by atoms with E-state index in [1.54, 1.807) is 7.11 Å². The van der Waals surface area contributed by atoms with E-state index in [2.05, 4.69) is 42.9 Å². The average Bonchev–Trinajstić information content (AvgIpc) is 2.69. The molecule has 0 radical (unpaired) electrons. The first kappa shape index (κ1) is 23.5. The second kappa shape index (κ2) is 11.4. The lowest BCUT2D eigenvalue weighted by Gasteiger charge is -2.26. The number of nitrogens with zero attached hydrogens (tertiary/aromatic N) is 1. The van der Waals surface area contributed by atoms with E-state index in [0.717, 1.165) is 33.6 Å². The van der Waals surface area contributed by atoms with Crippen molar-refractivity contribution >= 4 is 57.5 Å². The number of carbonyl (C=O) groups is 1. The number of para-hydroxylation sites is 1. The maximum absolute atomic E-state index is 12.0. The molecular weight excluding hydrogens is 547 g/mol. The molecule has 156 valence electrons. The first-order valence-electron chi connectivity index (χ1n) is 9.34. The Morgan fingerprint density at radius 1 is 1.28 bits per heavy atom. The normalized spacial score (nSPS) is 15.6. The fraction of sp³-hybridized carbons (Fsp3) is 0.333. The number of amides is 1. The lowest BCUT2D eigenvalue weighted by molar-refractivity contribution is -0.116. The van der Waals surface area contributed by atoms with E-state index in [9.17, 15) is 4.79 Å². The van der Waals surface area contributed by atoms with E-state index in [0.29, 0.717) is 25.5 Å². The molecule has 0 aromatic heterocycles. The van der Waals surface area contributed by atoms with Gasteiger partial charge in [0.15, 0.2) is 5.96 Å². The number of anilines is 1. The molecule has 2 aromatic rings. The van der Waals surface area contributed by atoms with Crippen LogP contribution in [0.3, 0.4) is 0 Å². The van der Waals surface area contributed by atoms with E-state index in [-0.39, 0.29) is 35.8 Å². The number of hydrogen-bond donors (Lipinski definition) is 3. The highest BCUT2D eigenvalue weighted by molar-refractivity contribution is 14.0. The van der Waals surface area contributed by atoms with Crippen molar-refractivity contribution in [2.75, 3.05) is 25.5 Å². The molecule has 0 aliphatic carbocycles. The number of carbonyl (C=O) groups excluding carboxylic acids is 1. The summed E-state index contributed by atoms with van der Waals surface area (Å²) in [5.74, 6) is 1.68. The third-order valence-electron chi connectivity index (χ3n) is 4.62. The number of halogens is 2. The van der Waals surface area contributed by atoms with Crippen molar-refractivity contribution in [3.05, 3.63) is 58.1 Å². The molecule has 0 fully saturated rings. The summed E-state index contributed by atoms with van der Waals surface area (Å²) < 4.78 is 6.41. The predicted octanol–water partition coefficient (Wildman–Crippen LogP) is 4.26. The van der Waals surface area contributed by atoms with Gasteiger partial charge in [-0.25, -0.2) is 4.99 Å². The highest BCUT2D eigenvalue weighted by atomic mass is 127. The lowest BCUT2D eigenvalue weighted by atomic mass is 9.90. The second-order valence-electron chi connectivity index (χ2n) is 6.57. The van der Waals surface area contributed by atoms with Gasteiger partial charge in [0.1, 0.15) is 5.75 Å². The number of hydrogen-bond acceptors (Lipinski definition) is 3. The van der Waals surface area contributed by atoms with Gasteiger partial charge in [0, 0.05) is 41.2 Å². The number of ether oxygens (including phenoxy) is 1. The standard InChI is InChI=1S/C21H25BrN4O2.HI/c1-3-23-21(25-13-15-10-16(22)8-9-19(15)28-2)24-12-14-11-20(27)26-18-7-5-4-6-17(14)18;/h4-10,14H,3,11-13H2,1-2H3,(H,26,27)(H2,23,24,25);1H. The summed E-state index contributed by atoms with van der Waals surface area (Å²) in [7, 11) is 1.66. The summed E-state index contributed by atoms with van der Waals surface area (Å²) in [5.41, 5.74) is 3.04. The molecule has 0 bridgehead atoms. The number of rotatable bonds is 6. The molecule has 8 heteroatoms. The van der Waals surface area contributed by atoms with Gasteiger partial charge in [0.2, 0.25) is 5.91 Å². The molecule has 0 saturated heterocycles. The number of guanidine groups is 1. The quantitative estimate of drug-likeness (QED) is 0.275. The number of nitrogens with one attached hydrogen (secondary N) is 3. The molecule has 6 nitrogen and oxygen atoms in total. The van der Waals surface area contributed by atoms with Gasteiger partial charge in [0.25, 0.3) is 0 Å². The Labute approximate surface area is 197 Å². The summed E-state index contributed by atoms with van der Waals surface area (Å²) in [4.78, 5) is 16.7. The van der Waals surface area contributed by atoms with Crippen LogP contribution in [0, 0.1) is 0 Å². The molecule has 1 aliphatic heterocycles. The minimum atomic E-state index is 0. The SMILES string of the molecule is CCNC(=NCc1cc(Br)ccc1OC)NCC1CC(=O)Nc2ccccc21.I. The monoisotopic (exact) mass is 572 g/mol. The highest BCUT2D eigenvalue weighted by Crippen LogP contribution is 2.31. The van der Waals surface area contributed by atoms with Crippen molar-refractivity contribution in [3.8, 4) is 5.75 Å². The third-order valence-corrected chi connectivity index (χ3v) is 5.11. The Morgan fingerprint density at radius 2 is 2.07 bits per heavy atom. The van der Waals surface area contributed by atoms with Crippen molar-refractivity contribution in [2.45, 2.75) is 25.8 Å². The smallest absolute Gasteiger partial charge is 0.225 e. The zero-order valence-corrected chi connectivity index (χ0v) is 20.4. The van der Waals surface area contributed by atoms with Crippen molar-refractivity contribution in [1.29, 1.82) is 0 Å². The van der Waals surface area contributed by atoms with Crippen LogP contribution in [0.4, 0.5) is 5.69 Å². The van der Waals surface area contributed by atoms with E-state index in [1.807, 2.05) is 43.3 Å². The van der Waals surface area contributed by atoms with Gasteiger partial charge < -0.3 is 20.7 Å². The molecule has 29 heavy (non-hydrogen) atoms. The minimum absolute atomic E-state index is 0. The molecule has 0 saturated carbocycles. The van der Waals surface area contributed by atoms with Crippen LogP contribution in [0.1, 0.15) is 30.4 Å². The Balaban J connectivity index is 0.00000300. The number of benzene rings is 2. The maximum atomic E-state index is 12.0. The van der Waals surface area contributed by atoms with Crippen LogP contribution in [-0.4, -0.2) is 32.1 Å². The van der Waals surface area contributed by atoms with Crippen LogP contribution in [0.25, 0.3) is 0 Å². The van der Waals surface area contributed by atoms with Gasteiger partial charge in [-0.05, 0) is 36.8 Å². The fourth-order valence-corrected chi connectivity index (χ4v) is 3.69. The van der Waals surface area contributed by atoms with Gasteiger partial charge in [0.05, 0.1) is 13.7 Å². The predicted molar refractivity (Wildman–Crippen MR) is 131 cm³/mol. The number of aliphatic imine (C=N–C) groups is 1. The molecule has 3 N–H and O–H groups in total. The van der Waals surface area contributed by atoms with Gasteiger partial charge in [-0.2, -0.15) is 0 Å². The number of methoxy groups -OCH3 is 1. The Kier molecular flexibility index (Phi) is 9.22. The van der Waals surface area contributed by atoms with Gasteiger partial charge >= 0.3 is 0 Å². The summed E-state index contributed by atoms with van der Waals surface area (Å²) in [6.07, 6.45) is 0.461. The Bertz CT molecular complexity index is 876. The third kappa shape index (κ3) is 6.33. The van der Waals surface area contributed by atoms with Crippen LogP contribution < -0.4 is 20.7 Å². The van der Waals surface area contributed by atoms with E-state index < -0.39 is 0 Å². The summed E-state index contributed by atoms with van der Waals surface area (Å²) in [6, 6.07) is 13.8. The zero-order valence-electron chi connectivity index (χ0n) is 16.5. The summed E-state index contributed by atoms with van der Waals surface area (Å²) in [5, 5.41) is 9.58. The average molecular weight is 573 g/mol. The van der Waals surface area contributed by atoms with Crippen LogP contribution in [0.2, 0.25) is 0 Å². The summed E-state index contributed by atoms with van der Waals surface area (Å²) in [6.45, 7) is 3.90.